The zero-order valence-electron chi connectivity index (χ0n) is 6.12. The Bertz CT molecular complexity index is 42.2. The number of hydrogen-bond acceptors (Lipinski definition) is 0. The molecule has 0 aliphatic rings. The van der Waals surface area contributed by atoms with Crippen molar-refractivity contribution in [3.63, 3.8) is 0 Å². The lowest BCUT2D eigenvalue weighted by atomic mass is 10.4. The second-order valence-corrected chi connectivity index (χ2v) is 4.44. The van der Waals surface area contributed by atoms with Crippen molar-refractivity contribution < 1.29 is 0 Å². The molecule has 0 nitrogen and oxygen atoms in total. The Kier molecular flexibility index (Phi) is 9.37. The summed E-state index contributed by atoms with van der Waals surface area (Å²) in [5.41, 5.74) is 0. The Morgan fingerprint density at radius 1 is 1.22 bits per heavy atom. The number of rotatable bonds is 6. The molecule has 0 saturated heterocycles. The van der Waals surface area contributed by atoms with Crippen molar-refractivity contribution in [2.45, 2.75) is 38.3 Å². The highest BCUT2D eigenvalue weighted by Crippen LogP contribution is 2.00. The van der Waals surface area contributed by atoms with Gasteiger partial charge in [-0.2, -0.15) is 0 Å². The van der Waals surface area contributed by atoms with Gasteiger partial charge in [0, 0.05) is 14.8 Å². The van der Waals surface area contributed by atoms with Crippen LogP contribution in [0.25, 0.3) is 0 Å². The first-order chi connectivity index (χ1) is 4.41. The summed E-state index contributed by atoms with van der Waals surface area (Å²) in [7, 11) is 1.22. The van der Waals surface area contributed by atoms with Crippen molar-refractivity contribution in [2.24, 2.45) is 0 Å². The van der Waals surface area contributed by atoms with E-state index in [4.69, 9.17) is 0 Å². The zero-order valence-corrected chi connectivity index (χ0v) is 8.71. The molecule has 0 unspecified atom stereocenters. The van der Waals surface area contributed by atoms with Gasteiger partial charge in [0.15, 0.2) is 0 Å². The minimum absolute atomic E-state index is 1.18. The van der Waals surface area contributed by atoms with Crippen molar-refractivity contribution in [2.75, 3.05) is 5.33 Å². The van der Waals surface area contributed by atoms with Crippen LogP contribution in [0.3, 0.4) is 0 Å². The molecule has 0 aliphatic heterocycles. The summed E-state index contributed by atoms with van der Waals surface area (Å²) >= 11 is 3.42. The maximum atomic E-state index is 3.42. The lowest BCUT2D eigenvalue weighted by Gasteiger charge is -1.94. The lowest BCUT2D eigenvalue weighted by Crippen LogP contribution is -1.87. The molecule has 0 fully saturated rings. The molecule has 0 N–H and O–H groups in total. The molecular weight excluding hydrogens is 192 g/mol. The highest BCUT2D eigenvalue weighted by molar-refractivity contribution is 9.09. The molecule has 0 saturated carbocycles. The first-order valence-electron chi connectivity index (χ1n) is 3.68. The van der Waals surface area contributed by atoms with Crippen LogP contribution >= 0.6 is 15.9 Å². The maximum Gasteiger partial charge on any atom is 0.0377 e. The normalized spacial score (nSPS) is 10.0. The topological polar surface area (TPSA) is 0 Å². The zero-order chi connectivity index (χ0) is 6.95. The summed E-state index contributed by atoms with van der Waals surface area (Å²) in [6.45, 7) is 2.26. The van der Waals surface area contributed by atoms with Gasteiger partial charge in [0.1, 0.15) is 0 Å². The summed E-state index contributed by atoms with van der Waals surface area (Å²) in [5, 5.41) is 1.18. The first-order valence-corrected chi connectivity index (χ1v) is 6.22. The summed E-state index contributed by atoms with van der Waals surface area (Å²) < 4.78 is 0. The van der Waals surface area contributed by atoms with Crippen molar-refractivity contribution >= 4 is 25.4 Å². The molecule has 9 heavy (non-hydrogen) atoms. The SMILES string of the molecule is CCC[Si]CCCCBr. The Balaban J connectivity index is 2.60. The van der Waals surface area contributed by atoms with Crippen LogP contribution < -0.4 is 0 Å². The highest BCUT2D eigenvalue weighted by Gasteiger charge is 1.87. The van der Waals surface area contributed by atoms with Gasteiger partial charge in [-0.05, 0) is 6.42 Å². The van der Waals surface area contributed by atoms with Crippen LogP contribution in [0.4, 0.5) is 0 Å². The van der Waals surface area contributed by atoms with Crippen molar-refractivity contribution in [1.82, 2.24) is 0 Å². The Hall–Kier alpha value is 0.697. The van der Waals surface area contributed by atoms with E-state index in [0.29, 0.717) is 0 Å². The molecule has 2 heteroatoms. The lowest BCUT2D eigenvalue weighted by molar-refractivity contribution is 0.889. The van der Waals surface area contributed by atoms with Gasteiger partial charge in [0.25, 0.3) is 0 Å². The van der Waals surface area contributed by atoms with Crippen LogP contribution in [0, 0.1) is 0 Å². The average Bonchev–Trinajstić information content (AvgIpc) is 1.89. The van der Waals surface area contributed by atoms with Gasteiger partial charge in [-0.15, -0.1) is 0 Å². The van der Waals surface area contributed by atoms with Gasteiger partial charge in [0.05, 0.1) is 0 Å². The molecule has 0 bridgehead atoms. The molecule has 0 aromatic heterocycles. The van der Waals surface area contributed by atoms with Crippen LogP contribution in [-0.4, -0.2) is 14.8 Å². The number of halogens is 1. The summed E-state index contributed by atoms with van der Waals surface area (Å²) in [6.07, 6.45) is 4.15. The fraction of sp³-hybridized carbons (Fsp3) is 1.00. The molecule has 0 amide bonds. The highest BCUT2D eigenvalue weighted by atomic mass is 79.9. The standard InChI is InChI=1S/C7H15BrSi/c1-2-6-9-7-4-3-5-8/h2-7H2,1H3. The largest absolute Gasteiger partial charge is 0.0928 e. The molecule has 0 spiro atoms. The van der Waals surface area contributed by atoms with Crippen LogP contribution in [0.1, 0.15) is 26.2 Å². The quantitative estimate of drug-likeness (QED) is 0.356. The van der Waals surface area contributed by atoms with Crippen LogP contribution in [0.2, 0.25) is 12.1 Å². The van der Waals surface area contributed by atoms with Crippen molar-refractivity contribution in [3.05, 3.63) is 0 Å². The number of alkyl halides is 1. The second-order valence-electron chi connectivity index (χ2n) is 2.15. The minimum Gasteiger partial charge on any atom is -0.0928 e. The van der Waals surface area contributed by atoms with E-state index in [0.717, 1.165) is 0 Å². The van der Waals surface area contributed by atoms with E-state index in [1.165, 1.54) is 46.2 Å². The fourth-order valence-corrected chi connectivity index (χ4v) is 2.15. The smallest absolute Gasteiger partial charge is 0.0377 e. The monoisotopic (exact) mass is 206 g/mol. The first kappa shape index (κ1) is 9.70. The van der Waals surface area contributed by atoms with E-state index in [9.17, 15) is 0 Å². The summed E-state index contributed by atoms with van der Waals surface area (Å²) in [5.74, 6) is 0. The Morgan fingerprint density at radius 3 is 2.56 bits per heavy atom. The molecular formula is C7H15BrSi. The van der Waals surface area contributed by atoms with E-state index in [-0.39, 0.29) is 0 Å². The van der Waals surface area contributed by atoms with Gasteiger partial charge >= 0.3 is 0 Å². The third-order valence-corrected chi connectivity index (χ3v) is 3.29. The molecule has 0 aliphatic carbocycles. The summed E-state index contributed by atoms with van der Waals surface area (Å²) in [6, 6.07) is 2.90. The minimum atomic E-state index is 1.18. The third kappa shape index (κ3) is 8.70. The van der Waals surface area contributed by atoms with Crippen LogP contribution in [0.5, 0.6) is 0 Å². The molecule has 0 rings (SSSR count). The predicted molar refractivity (Wildman–Crippen MR) is 48.7 cm³/mol. The Labute approximate surface area is 69.4 Å². The van der Waals surface area contributed by atoms with Gasteiger partial charge in [-0.1, -0.05) is 47.8 Å². The van der Waals surface area contributed by atoms with Gasteiger partial charge in [-0.25, -0.2) is 0 Å². The molecule has 0 aromatic rings. The van der Waals surface area contributed by atoms with Crippen LogP contribution in [-0.2, 0) is 0 Å². The number of hydrogen-bond donors (Lipinski definition) is 0. The molecule has 54 valence electrons. The van der Waals surface area contributed by atoms with E-state index in [2.05, 4.69) is 22.9 Å². The Morgan fingerprint density at radius 2 is 2.00 bits per heavy atom. The predicted octanol–water partition coefficient (Wildman–Crippen LogP) is 3.11. The van der Waals surface area contributed by atoms with Crippen molar-refractivity contribution in [1.29, 1.82) is 0 Å². The number of unbranched alkanes of at least 4 members (excludes halogenated alkanes) is 1. The van der Waals surface area contributed by atoms with E-state index < -0.39 is 0 Å². The van der Waals surface area contributed by atoms with Crippen LogP contribution in [0.15, 0.2) is 0 Å². The molecule has 2 radical (unpaired) electrons. The van der Waals surface area contributed by atoms with Gasteiger partial charge in [-0.3, -0.25) is 0 Å². The molecule has 0 aromatic carbocycles. The van der Waals surface area contributed by atoms with E-state index in [1.807, 2.05) is 0 Å². The third-order valence-electron chi connectivity index (χ3n) is 1.16. The molecule has 0 heterocycles. The summed E-state index contributed by atoms with van der Waals surface area (Å²) in [4.78, 5) is 0. The average molecular weight is 207 g/mol. The molecule has 0 atom stereocenters. The van der Waals surface area contributed by atoms with Crippen molar-refractivity contribution in [3.8, 4) is 0 Å². The van der Waals surface area contributed by atoms with E-state index in [1.54, 1.807) is 0 Å². The van der Waals surface area contributed by atoms with Gasteiger partial charge < -0.3 is 0 Å². The van der Waals surface area contributed by atoms with E-state index >= 15 is 0 Å². The second kappa shape index (κ2) is 8.70. The fourth-order valence-electron chi connectivity index (χ4n) is 0.646. The van der Waals surface area contributed by atoms with Gasteiger partial charge in [0.2, 0.25) is 0 Å². The maximum absolute atomic E-state index is 3.42.